The van der Waals surface area contributed by atoms with Gasteiger partial charge in [0.25, 0.3) is 0 Å². The van der Waals surface area contributed by atoms with Crippen LogP contribution in [0.3, 0.4) is 0 Å². The fourth-order valence-corrected chi connectivity index (χ4v) is 5.68. The zero-order chi connectivity index (χ0) is 22.6. The van der Waals surface area contributed by atoms with E-state index in [1.165, 1.54) is 15.6 Å². The molecule has 6 heteroatoms. The van der Waals surface area contributed by atoms with Crippen molar-refractivity contribution in [2.75, 3.05) is 44.2 Å². The van der Waals surface area contributed by atoms with E-state index in [0.717, 1.165) is 60.7 Å². The molecule has 0 atom stereocenters. The monoisotopic (exact) mass is 458 g/mol. The molecule has 33 heavy (non-hydrogen) atoms. The average molecular weight is 459 g/mol. The smallest absolute Gasteiger partial charge is 0.224 e. The minimum atomic E-state index is 0.0891. The molecule has 1 N–H and O–H groups in total. The second-order valence-corrected chi connectivity index (χ2v) is 9.62. The number of fused-ring (bicyclic) bond motifs is 2. The lowest BCUT2D eigenvalue weighted by molar-refractivity contribution is -0.120. The Balaban J connectivity index is 1.10. The molecule has 0 bridgehead atoms. The number of anilines is 1. The summed E-state index contributed by atoms with van der Waals surface area (Å²) in [5, 5.41) is 6.58. The molecule has 170 valence electrons. The first kappa shape index (κ1) is 21.9. The van der Waals surface area contributed by atoms with Crippen molar-refractivity contribution in [3.05, 3.63) is 71.8 Å². The molecule has 0 aliphatic carbocycles. The summed E-state index contributed by atoms with van der Waals surface area (Å²) in [6, 6.07) is 20.9. The van der Waals surface area contributed by atoms with Crippen molar-refractivity contribution in [1.82, 2.24) is 15.2 Å². The van der Waals surface area contributed by atoms with Gasteiger partial charge in [0, 0.05) is 39.3 Å². The minimum Gasteiger partial charge on any atom is -0.355 e. The van der Waals surface area contributed by atoms with Crippen LogP contribution in [0, 0.1) is 0 Å². The van der Waals surface area contributed by atoms with Crippen LogP contribution in [-0.2, 0) is 17.6 Å². The van der Waals surface area contributed by atoms with Crippen LogP contribution in [0.1, 0.15) is 18.1 Å². The molecule has 0 unspecified atom stereocenters. The summed E-state index contributed by atoms with van der Waals surface area (Å²) < 4.78 is 1.28. The Morgan fingerprint density at radius 1 is 0.970 bits per heavy atom. The second-order valence-electron chi connectivity index (χ2n) is 8.61. The van der Waals surface area contributed by atoms with Crippen molar-refractivity contribution < 1.29 is 4.79 Å². The van der Waals surface area contributed by atoms with Crippen LogP contribution in [0.5, 0.6) is 0 Å². The molecule has 0 saturated carbocycles. The first-order chi connectivity index (χ1) is 16.2. The van der Waals surface area contributed by atoms with Gasteiger partial charge in [0.1, 0.15) is 0 Å². The summed E-state index contributed by atoms with van der Waals surface area (Å²) in [4.78, 5) is 22.3. The summed E-state index contributed by atoms with van der Waals surface area (Å²) >= 11 is 1.80. The Hall–Kier alpha value is -2.96. The van der Waals surface area contributed by atoms with Crippen molar-refractivity contribution in [3.8, 4) is 0 Å². The van der Waals surface area contributed by atoms with Crippen LogP contribution < -0.4 is 10.2 Å². The quantitative estimate of drug-likeness (QED) is 0.443. The number of para-hydroxylation sites is 1. The van der Waals surface area contributed by atoms with Gasteiger partial charge < -0.3 is 10.2 Å². The van der Waals surface area contributed by atoms with Gasteiger partial charge in [0.05, 0.1) is 16.6 Å². The van der Waals surface area contributed by atoms with Gasteiger partial charge in [-0.25, -0.2) is 4.98 Å². The maximum absolute atomic E-state index is 12.5. The van der Waals surface area contributed by atoms with E-state index in [0.29, 0.717) is 13.0 Å². The van der Waals surface area contributed by atoms with Gasteiger partial charge >= 0.3 is 0 Å². The summed E-state index contributed by atoms with van der Waals surface area (Å²) in [5.41, 5.74) is 3.57. The predicted molar refractivity (Wildman–Crippen MR) is 138 cm³/mol. The minimum absolute atomic E-state index is 0.0891. The summed E-state index contributed by atoms with van der Waals surface area (Å²) in [6.45, 7) is 7.70. The number of benzene rings is 3. The molecule has 1 amide bonds. The summed E-state index contributed by atoms with van der Waals surface area (Å²) in [5.74, 6) is 0.0891. The van der Waals surface area contributed by atoms with Crippen LogP contribution in [0.2, 0.25) is 0 Å². The van der Waals surface area contributed by atoms with Gasteiger partial charge in [-0.2, -0.15) is 0 Å². The zero-order valence-electron chi connectivity index (χ0n) is 19.1. The number of rotatable bonds is 7. The number of aromatic nitrogens is 1. The van der Waals surface area contributed by atoms with Crippen molar-refractivity contribution >= 4 is 43.4 Å². The van der Waals surface area contributed by atoms with Gasteiger partial charge in [-0.1, -0.05) is 72.9 Å². The maximum Gasteiger partial charge on any atom is 0.224 e. The summed E-state index contributed by atoms with van der Waals surface area (Å²) in [7, 11) is 0. The Morgan fingerprint density at radius 2 is 1.73 bits per heavy atom. The number of carbonyl (C=O) groups excluding carboxylic acids is 1. The summed E-state index contributed by atoms with van der Waals surface area (Å²) in [6.07, 6.45) is 1.44. The van der Waals surface area contributed by atoms with E-state index in [9.17, 15) is 4.79 Å². The lowest BCUT2D eigenvalue weighted by atomic mass is 10.0. The van der Waals surface area contributed by atoms with E-state index in [1.54, 1.807) is 11.3 Å². The molecule has 2 heterocycles. The number of aryl methyl sites for hydroxylation is 1. The number of nitrogens with zero attached hydrogens (tertiary/aromatic N) is 3. The van der Waals surface area contributed by atoms with E-state index < -0.39 is 0 Å². The SMILES string of the molecule is CCc1cccc2sc(N3CCN(CCNC(=O)Cc4cccc5ccccc45)CC3)nc12. The molecule has 1 fully saturated rings. The Morgan fingerprint density at radius 3 is 2.58 bits per heavy atom. The highest BCUT2D eigenvalue weighted by molar-refractivity contribution is 7.22. The van der Waals surface area contributed by atoms with E-state index in [1.807, 2.05) is 24.3 Å². The topological polar surface area (TPSA) is 48.5 Å². The van der Waals surface area contributed by atoms with Crippen LogP contribution in [0.4, 0.5) is 5.13 Å². The third-order valence-corrected chi connectivity index (χ3v) is 7.58. The highest BCUT2D eigenvalue weighted by atomic mass is 32.1. The number of thiazole rings is 1. The standard InChI is InChI=1S/C27H30N4OS/c1-2-20-8-6-12-24-26(20)29-27(33-24)31-17-15-30(16-18-31)14-13-28-25(32)19-22-10-5-9-21-7-3-4-11-23(21)22/h3-12H,2,13-19H2,1H3,(H,28,32). The van der Waals surface area contributed by atoms with Crippen molar-refractivity contribution in [1.29, 1.82) is 0 Å². The Bertz CT molecular complexity index is 1250. The fourth-order valence-electron chi connectivity index (χ4n) is 4.61. The Labute approximate surface area is 199 Å². The number of amides is 1. The molecular formula is C27H30N4OS. The van der Waals surface area contributed by atoms with Crippen molar-refractivity contribution in [3.63, 3.8) is 0 Å². The second kappa shape index (κ2) is 9.89. The number of hydrogen-bond donors (Lipinski definition) is 1. The first-order valence-corrected chi connectivity index (χ1v) is 12.6. The lowest BCUT2D eigenvalue weighted by Crippen LogP contribution is -2.48. The third kappa shape index (κ3) is 4.87. The third-order valence-electron chi connectivity index (χ3n) is 6.50. The number of piperazine rings is 1. The molecule has 4 aromatic rings. The molecule has 5 nitrogen and oxygen atoms in total. The van der Waals surface area contributed by atoms with Crippen LogP contribution >= 0.6 is 11.3 Å². The van der Waals surface area contributed by atoms with Gasteiger partial charge in [-0.15, -0.1) is 0 Å². The normalized spacial score (nSPS) is 14.8. The molecule has 3 aromatic carbocycles. The molecule has 1 aliphatic heterocycles. The predicted octanol–water partition coefficient (Wildman–Crippen LogP) is 4.49. The Kier molecular flexibility index (Phi) is 6.55. The largest absolute Gasteiger partial charge is 0.355 e. The van der Waals surface area contributed by atoms with E-state index in [-0.39, 0.29) is 5.91 Å². The molecular weight excluding hydrogens is 428 g/mol. The van der Waals surface area contributed by atoms with Gasteiger partial charge in [-0.05, 0) is 34.4 Å². The maximum atomic E-state index is 12.5. The number of carbonyl (C=O) groups is 1. The van der Waals surface area contributed by atoms with Gasteiger partial charge in [0.2, 0.25) is 5.91 Å². The highest BCUT2D eigenvalue weighted by Gasteiger charge is 2.20. The molecule has 1 aromatic heterocycles. The van der Waals surface area contributed by atoms with Crippen LogP contribution in [-0.4, -0.2) is 55.1 Å². The average Bonchev–Trinajstić information content (AvgIpc) is 3.29. The van der Waals surface area contributed by atoms with Crippen molar-refractivity contribution in [2.45, 2.75) is 19.8 Å². The molecule has 1 saturated heterocycles. The van der Waals surface area contributed by atoms with Gasteiger partial charge in [0.15, 0.2) is 5.13 Å². The molecule has 0 radical (unpaired) electrons. The first-order valence-electron chi connectivity index (χ1n) is 11.8. The van der Waals surface area contributed by atoms with E-state index in [4.69, 9.17) is 4.98 Å². The number of hydrogen-bond acceptors (Lipinski definition) is 5. The van der Waals surface area contributed by atoms with E-state index >= 15 is 0 Å². The fraction of sp³-hybridized carbons (Fsp3) is 0.333. The molecule has 1 aliphatic rings. The van der Waals surface area contributed by atoms with Crippen LogP contribution in [0.25, 0.3) is 21.0 Å². The lowest BCUT2D eigenvalue weighted by Gasteiger charge is -2.34. The number of nitrogens with one attached hydrogen (secondary N) is 1. The van der Waals surface area contributed by atoms with Crippen molar-refractivity contribution in [2.24, 2.45) is 0 Å². The molecule has 0 spiro atoms. The van der Waals surface area contributed by atoms with Crippen LogP contribution in [0.15, 0.2) is 60.7 Å². The zero-order valence-corrected chi connectivity index (χ0v) is 19.9. The highest BCUT2D eigenvalue weighted by Crippen LogP contribution is 2.31. The van der Waals surface area contributed by atoms with E-state index in [2.05, 4.69) is 58.4 Å². The van der Waals surface area contributed by atoms with Gasteiger partial charge in [-0.3, -0.25) is 9.69 Å². The molecule has 5 rings (SSSR count).